The van der Waals surface area contributed by atoms with E-state index in [0.29, 0.717) is 0 Å². The average molecular weight is 239 g/mol. The Morgan fingerprint density at radius 1 is 1.06 bits per heavy atom. The molecule has 0 saturated heterocycles. The fourth-order valence-corrected chi connectivity index (χ4v) is 2.51. The molecule has 0 spiro atoms. The molecule has 0 heterocycles. The molecule has 94 valence electrons. The molecule has 1 aromatic rings. The van der Waals surface area contributed by atoms with Gasteiger partial charge >= 0.3 is 0 Å². The van der Waals surface area contributed by atoms with Crippen molar-refractivity contribution in [3.63, 3.8) is 0 Å². The lowest BCUT2D eigenvalue weighted by molar-refractivity contribution is 0.643. The van der Waals surface area contributed by atoms with Crippen molar-refractivity contribution >= 4 is 5.57 Å². The van der Waals surface area contributed by atoms with Crippen molar-refractivity contribution in [3.8, 4) is 6.07 Å². The molecule has 2 rings (SSSR count). The largest absolute Gasteiger partial charge is 0.198 e. The Labute approximate surface area is 110 Å². The van der Waals surface area contributed by atoms with Gasteiger partial charge in [-0.3, -0.25) is 0 Å². The van der Waals surface area contributed by atoms with Gasteiger partial charge in [-0.25, -0.2) is 0 Å². The van der Waals surface area contributed by atoms with Gasteiger partial charge in [0.1, 0.15) is 0 Å². The number of nitriles is 1. The Hall–Kier alpha value is -1.55. The number of benzene rings is 1. The van der Waals surface area contributed by atoms with E-state index in [1.54, 1.807) is 0 Å². The van der Waals surface area contributed by atoms with Crippen LogP contribution >= 0.6 is 0 Å². The summed E-state index contributed by atoms with van der Waals surface area (Å²) in [5, 5.41) is 8.91. The van der Waals surface area contributed by atoms with Crippen molar-refractivity contribution in [3.05, 3.63) is 41.5 Å². The molecule has 0 bridgehead atoms. The molecule has 0 N–H and O–H groups in total. The lowest BCUT2D eigenvalue weighted by atomic mass is 9.93. The summed E-state index contributed by atoms with van der Waals surface area (Å²) in [6.07, 6.45) is 10.2. The van der Waals surface area contributed by atoms with E-state index in [4.69, 9.17) is 5.26 Å². The first-order valence-electron chi connectivity index (χ1n) is 7.00. The van der Waals surface area contributed by atoms with Gasteiger partial charge in [-0.15, -0.1) is 0 Å². The van der Waals surface area contributed by atoms with Gasteiger partial charge < -0.3 is 0 Å². The summed E-state index contributed by atoms with van der Waals surface area (Å²) in [6, 6.07) is 10.8. The van der Waals surface area contributed by atoms with Crippen LogP contribution in [0.4, 0.5) is 0 Å². The first-order chi connectivity index (χ1) is 8.81. The quantitative estimate of drug-likeness (QED) is 0.708. The van der Waals surface area contributed by atoms with Crippen LogP contribution in [0.5, 0.6) is 0 Å². The highest BCUT2D eigenvalue weighted by atomic mass is 14.3. The summed E-state index contributed by atoms with van der Waals surface area (Å²) in [4.78, 5) is 0. The summed E-state index contributed by atoms with van der Waals surface area (Å²) in [5.41, 5.74) is 3.95. The van der Waals surface area contributed by atoms with E-state index >= 15 is 0 Å². The molecule has 0 aliphatic heterocycles. The van der Waals surface area contributed by atoms with Gasteiger partial charge in [0.05, 0.1) is 12.0 Å². The van der Waals surface area contributed by atoms with Crippen LogP contribution in [0.1, 0.15) is 62.5 Å². The Balaban J connectivity index is 2.15. The summed E-state index contributed by atoms with van der Waals surface area (Å²) in [5.74, 6) is -0.00892. The fourth-order valence-electron chi connectivity index (χ4n) is 2.51. The predicted octanol–water partition coefficient (Wildman–Crippen LogP) is 5.05. The maximum atomic E-state index is 8.91. The molecule has 0 aromatic heterocycles. The second kappa shape index (κ2) is 6.40. The van der Waals surface area contributed by atoms with Crippen molar-refractivity contribution in [2.45, 2.75) is 51.4 Å². The molecule has 1 aliphatic rings. The molecule has 1 aliphatic carbocycles. The van der Waals surface area contributed by atoms with E-state index < -0.39 is 0 Å². The van der Waals surface area contributed by atoms with Crippen LogP contribution in [0.2, 0.25) is 0 Å². The van der Waals surface area contributed by atoms with Crippen LogP contribution in [-0.2, 0) is 0 Å². The smallest absolute Gasteiger partial charge is 0.0700 e. The monoisotopic (exact) mass is 239 g/mol. The van der Waals surface area contributed by atoms with Gasteiger partial charge in [0, 0.05) is 0 Å². The standard InChI is InChI=1S/C17H21N/c1-14(13-18)15-9-11-17(12-10-15)16-7-5-3-2-4-6-8-16/h7,9-12,14H,2-6,8H2,1H3/b16-7+. The van der Waals surface area contributed by atoms with Crippen molar-refractivity contribution in [1.29, 1.82) is 5.26 Å². The molecular formula is C17H21N. The van der Waals surface area contributed by atoms with E-state index in [0.717, 1.165) is 5.56 Å². The normalized spacial score (nSPS) is 21.0. The Morgan fingerprint density at radius 2 is 1.78 bits per heavy atom. The van der Waals surface area contributed by atoms with E-state index in [9.17, 15) is 0 Å². The van der Waals surface area contributed by atoms with E-state index in [-0.39, 0.29) is 5.92 Å². The molecule has 0 saturated carbocycles. The number of rotatable bonds is 2. The SMILES string of the molecule is CC(C#N)c1ccc(/C2=C/CCCCCC2)cc1. The van der Waals surface area contributed by atoms with Gasteiger partial charge in [0.15, 0.2) is 0 Å². The fraction of sp³-hybridized carbons (Fsp3) is 0.471. The first-order valence-corrected chi connectivity index (χ1v) is 7.00. The van der Waals surface area contributed by atoms with Gasteiger partial charge in [0.2, 0.25) is 0 Å². The molecule has 1 aromatic carbocycles. The number of allylic oxidation sites excluding steroid dienone is 2. The highest BCUT2D eigenvalue weighted by molar-refractivity contribution is 5.65. The Bertz CT molecular complexity index is 447. The van der Waals surface area contributed by atoms with Crippen LogP contribution in [0.25, 0.3) is 5.57 Å². The Kier molecular flexibility index (Phi) is 4.59. The molecule has 1 unspecified atom stereocenters. The molecule has 1 heteroatoms. The van der Waals surface area contributed by atoms with Gasteiger partial charge in [-0.1, -0.05) is 43.2 Å². The second-order valence-corrected chi connectivity index (χ2v) is 5.16. The van der Waals surface area contributed by atoms with Crippen molar-refractivity contribution in [2.24, 2.45) is 0 Å². The van der Waals surface area contributed by atoms with Crippen LogP contribution in [-0.4, -0.2) is 0 Å². The number of hydrogen-bond acceptors (Lipinski definition) is 1. The van der Waals surface area contributed by atoms with Gasteiger partial charge in [-0.2, -0.15) is 5.26 Å². The Morgan fingerprint density at radius 3 is 2.50 bits per heavy atom. The number of hydrogen-bond donors (Lipinski definition) is 0. The van der Waals surface area contributed by atoms with E-state index in [1.165, 1.54) is 49.7 Å². The average Bonchev–Trinajstić information content (AvgIpc) is 2.38. The second-order valence-electron chi connectivity index (χ2n) is 5.16. The van der Waals surface area contributed by atoms with Crippen LogP contribution in [0, 0.1) is 11.3 Å². The minimum absolute atomic E-state index is 0.00892. The summed E-state index contributed by atoms with van der Waals surface area (Å²) < 4.78 is 0. The molecule has 0 fully saturated rings. The third-order valence-electron chi connectivity index (χ3n) is 3.77. The lowest BCUT2D eigenvalue weighted by Gasteiger charge is -2.12. The van der Waals surface area contributed by atoms with E-state index in [1.807, 2.05) is 6.92 Å². The first kappa shape index (κ1) is 12.9. The van der Waals surface area contributed by atoms with Crippen molar-refractivity contribution in [2.75, 3.05) is 0 Å². The van der Waals surface area contributed by atoms with Crippen LogP contribution in [0.3, 0.4) is 0 Å². The molecule has 1 atom stereocenters. The van der Waals surface area contributed by atoms with Gasteiger partial charge in [-0.05, 0) is 49.3 Å². The predicted molar refractivity (Wildman–Crippen MR) is 76.1 cm³/mol. The topological polar surface area (TPSA) is 23.8 Å². The highest BCUT2D eigenvalue weighted by Crippen LogP contribution is 2.26. The van der Waals surface area contributed by atoms with Gasteiger partial charge in [0.25, 0.3) is 0 Å². The molecule has 0 radical (unpaired) electrons. The van der Waals surface area contributed by atoms with Crippen molar-refractivity contribution in [1.82, 2.24) is 0 Å². The summed E-state index contributed by atoms with van der Waals surface area (Å²) in [6.45, 7) is 1.95. The molecule has 0 amide bonds. The van der Waals surface area contributed by atoms with Crippen LogP contribution < -0.4 is 0 Å². The third kappa shape index (κ3) is 3.23. The lowest BCUT2D eigenvalue weighted by Crippen LogP contribution is -1.93. The summed E-state index contributed by atoms with van der Waals surface area (Å²) in [7, 11) is 0. The summed E-state index contributed by atoms with van der Waals surface area (Å²) >= 11 is 0. The zero-order valence-corrected chi connectivity index (χ0v) is 11.2. The van der Waals surface area contributed by atoms with Crippen molar-refractivity contribution < 1.29 is 0 Å². The zero-order chi connectivity index (χ0) is 12.8. The minimum Gasteiger partial charge on any atom is -0.198 e. The number of nitrogens with zero attached hydrogens (tertiary/aromatic N) is 1. The van der Waals surface area contributed by atoms with E-state index in [2.05, 4.69) is 36.4 Å². The third-order valence-corrected chi connectivity index (χ3v) is 3.77. The maximum absolute atomic E-state index is 8.91. The minimum atomic E-state index is -0.00892. The molecular weight excluding hydrogens is 218 g/mol. The maximum Gasteiger partial charge on any atom is 0.0700 e. The molecule has 18 heavy (non-hydrogen) atoms. The zero-order valence-electron chi connectivity index (χ0n) is 11.2. The highest BCUT2D eigenvalue weighted by Gasteiger charge is 2.07. The molecule has 1 nitrogen and oxygen atoms in total. The van der Waals surface area contributed by atoms with Crippen LogP contribution in [0.15, 0.2) is 30.3 Å².